The van der Waals surface area contributed by atoms with Gasteiger partial charge in [-0.1, -0.05) is 93.6 Å². The quantitative estimate of drug-likeness (QED) is 0.110. The zero-order valence-corrected chi connectivity index (χ0v) is 30.9. The number of anilines is 2. The molecule has 3 aromatic carbocycles. The lowest BCUT2D eigenvalue weighted by Crippen LogP contribution is -3.00. The predicted octanol–water partition coefficient (Wildman–Crippen LogP) is 3.30. The fourth-order valence-electron chi connectivity index (χ4n) is 7.45. The van der Waals surface area contributed by atoms with Crippen LogP contribution in [0.4, 0.5) is 11.6 Å². The topological polar surface area (TPSA) is 59.5 Å². The first-order valence-electron chi connectivity index (χ1n) is 16.5. The second-order valence-electron chi connectivity index (χ2n) is 13.5. The molecule has 1 saturated heterocycles. The Morgan fingerprint density at radius 1 is 0.870 bits per heavy atom. The van der Waals surface area contributed by atoms with Crippen molar-refractivity contribution >= 4 is 30.3 Å². The summed E-state index contributed by atoms with van der Waals surface area (Å²) in [6.07, 6.45) is 6.39. The molecule has 9 heteroatoms. The number of ether oxygens (including phenoxy) is 1. The number of fused-ring (bicyclic) bond motifs is 3. The van der Waals surface area contributed by atoms with E-state index in [1.54, 1.807) is 13.4 Å². The fraction of sp³-hybridized carbons (Fsp3) is 0.405. The Bertz CT molecular complexity index is 1510. The molecule has 0 aliphatic carbocycles. The number of hydrogen-bond donors (Lipinski definition) is 1. The smallest absolute Gasteiger partial charge is 0.261 e. The summed E-state index contributed by atoms with van der Waals surface area (Å²) in [6, 6.07) is 30.2. The molecule has 1 unspecified atom stereocenters. The van der Waals surface area contributed by atoms with Crippen molar-refractivity contribution in [2.45, 2.75) is 64.6 Å². The lowest BCUT2D eigenvalue weighted by atomic mass is 10.2. The highest BCUT2D eigenvalue weighted by Gasteiger charge is 2.51. The van der Waals surface area contributed by atoms with Gasteiger partial charge in [-0.05, 0) is 52.4 Å². The molecule has 2 aliphatic rings. The number of rotatable bonds is 11. The zero-order valence-electron chi connectivity index (χ0n) is 27.7. The molecule has 0 saturated carbocycles. The van der Waals surface area contributed by atoms with Crippen LogP contribution in [0, 0.1) is 0 Å². The van der Waals surface area contributed by atoms with Crippen LogP contribution in [0.1, 0.15) is 57.6 Å². The molecule has 0 bridgehead atoms. The highest BCUT2D eigenvalue weighted by atomic mass is 127. The lowest BCUT2D eigenvalue weighted by molar-refractivity contribution is -0.943. The Hall–Kier alpha value is -2.99. The Labute approximate surface area is 293 Å². The van der Waals surface area contributed by atoms with Gasteiger partial charge in [0.05, 0.1) is 19.2 Å². The number of nitrogens with one attached hydrogen (secondary N) is 1. The maximum atomic E-state index is 7.30. The van der Waals surface area contributed by atoms with Crippen LogP contribution in [-0.2, 0) is 17.5 Å². The third-order valence-electron chi connectivity index (χ3n) is 9.65. The van der Waals surface area contributed by atoms with Gasteiger partial charge in [-0.25, -0.2) is 19.6 Å². The van der Waals surface area contributed by atoms with Crippen molar-refractivity contribution in [3.8, 4) is 5.75 Å². The van der Waals surface area contributed by atoms with Crippen molar-refractivity contribution < 1.29 is 37.7 Å². The summed E-state index contributed by atoms with van der Waals surface area (Å²) in [4.78, 5) is 9.60. The maximum absolute atomic E-state index is 7.30. The van der Waals surface area contributed by atoms with E-state index in [0.29, 0.717) is 6.54 Å². The van der Waals surface area contributed by atoms with Gasteiger partial charge in [0.2, 0.25) is 0 Å². The number of aromatic nitrogens is 2. The third-order valence-corrected chi connectivity index (χ3v) is 14.7. The molecule has 0 radical (unpaired) electrons. The van der Waals surface area contributed by atoms with Crippen molar-refractivity contribution in [2.75, 3.05) is 43.7 Å². The van der Waals surface area contributed by atoms with Gasteiger partial charge in [-0.15, -0.1) is 0 Å². The van der Waals surface area contributed by atoms with Crippen LogP contribution in [-0.4, -0.2) is 56.2 Å². The molecule has 4 aromatic rings. The summed E-state index contributed by atoms with van der Waals surface area (Å²) in [7, 11) is -0.866. The van der Waals surface area contributed by atoms with E-state index >= 15 is 0 Å². The number of halogens is 1. The summed E-state index contributed by atoms with van der Waals surface area (Å²) in [5.41, 5.74) is 2.43. The van der Waals surface area contributed by atoms with E-state index in [4.69, 9.17) is 19.1 Å². The maximum Gasteiger partial charge on any atom is 0.261 e. The van der Waals surface area contributed by atoms with Crippen LogP contribution < -0.4 is 49.4 Å². The normalized spacial score (nSPS) is 17.8. The monoisotopic (exact) mass is 749 g/mol. The van der Waals surface area contributed by atoms with E-state index in [2.05, 4.69) is 104 Å². The number of quaternary nitrogens is 1. The summed E-state index contributed by atoms with van der Waals surface area (Å²) in [5, 5.41) is 8.85. The Morgan fingerprint density at radius 3 is 2.17 bits per heavy atom. The van der Waals surface area contributed by atoms with Gasteiger partial charge in [0, 0.05) is 19.6 Å². The molecule has 6 rings (SSSR count). The van der Waals surface area contributed by atoms with E-state index in [-0.39, 0.29) is 29.0 Å². The van der Waals surface area contributed by atoms with Crippen LogP contribution in [0.5, 0.6) is 5.75 Å². The molecule has 46 heavy (non-hydrogen) atoms. The van der Waals surface area contributed by atoms with Gasteiger partial charge in [0.1, 0.15) is 37.5 Å². The van der Waals surface area contributed by atoms with Crippen LogP contribution >= 0.6 is 0 Å². The van der Waals surface area contributed by atoms with E-state index in [1.165, 1.54) is 40.8 Å². The minimum absolute atomic E-state index is 0. The first kappa shape index (κ1) is 34.3. The van der Waals surface area contributed by atoms with Crippen molar-refractivity contribution in [3.05, 3.63) is 102 Å². The van der Waals surface area contributed by atoms with Gasteiger partial charge in [-0.3, -0.25) is 0 Å². The van der Waals surface area contributed by atoms with Crippen LogP contribution in [0.3, 0.4) is 0 Å². The Kier molecular flexibility index (Phi) is 11.1. The summed E-state index contributed by atoms with van der Waals surface area (Å²) in [6.45, 7) is 12.6. The molecule has 244 valence electrons. The number of nitrogens with zero attached hydrogens (tertiary/aromatic N) is 4. The molecule has 1 aromatic heterocycles. The summed E-state index contributed by atoms with van der Waals surface area (Å²) >= 11 is 0. The molecule has 7 nitrogen and oxygen atoms in total. The Balaban J connectivity index is 0.00000417. The van der Waals surface area contributed by atoms with Gasteiger partial charge in [0.15, 0.2) is 5.82 Å². The first-order chi connectivity index (χ1) is 21.9. The highest BCUT2D eigenvalue weighted by molar-refractivity contribution is 6.99. The second-order valence-corrected chi connectivity index (χ2v) is 17.8. The number of benzene rings is 3. The highest BCUT2D eigenvalue weighted by Crippen LogP contribution is 2.41. The van der Waals surface area contributed by atoms with Gasteiger partial charge in [0.25, 0.3) is 8.32 Å². The van der Waals surface area contributed by atoms with Crippen LogP contribution in [0.25, 0.3) is 0 Å². The van der Waals surface area contributed by atoms with Gasteiger partial charge in [-0.2, -0.15) is 0 Å². The molecular formula is C37H48IN5O2Si. The SMILES string of the molecule is COc1ccc(CNc2ncnc3c2C[N+]2(CCCO[Si](c4ccccc4)(c4ccccc4)C(C)(C)C)CCCCCN32)cc1.[I-]. The Morgan fingerprint density at radius 2 is 1.54 bits per heavy atom. The standard InChI is InChI=1S/C37H48N5O2Si.HI/c1-37(2,3)45(32-15-8-5-9-16-32,33-17-10-6-11-18-33)44-26-14-25-42-24-13-7-12-23-41(42)36-34(28-42)35(39-29-40-36)38-27-30-19-21-31(43-4)22-20-30;/h5-6,8-11,15-22,29H,7,12-14,23-28H2,1-4H3,(H,38,39,40);1H/q+1;/p-1. The van der Waals surface area contributed by atoms with Crippen LogP contribution in [0.2, 0.25) is 5.04 Å². The second kappa shape index (κ2) is 14.8. The third kappa shape index (κ3) is 6.83. The van der Waals surface area contributed by atoms with E-state index in [1.807, 2.05) is 12.1 Å². The van der Waals surface area contributed by atoms with Gasteiger partial charge < -0.3 is 38.5 Å². The number of hydrogen-bond acceptors (Lipinski definition) is 6. The largest absolute Gasteiger partial charge is 1.00 e. The summed E-state index contributed by atoms with van der Waals surface area (Å²) in [5.74, 6) is 2.91. The zero-order chi connectivity index (χ0) is 31.3. The predicted molar refractivity (Wildman–Crippen MR) is 185 cm³/mol. The molecule has 1 N–H and O–H groups in total. The summed E-state index contributed by atoms with van der Waals surface area (Å²) < 4.78 is 13.5. The minimum Gasteiger partial charge on any atom is -1.00 e. The average Bonchev–Trinajstić information content (AvgIpc) is 3.22. The molecule has 3 heterocycles. The molecule has 0 amide bonds. The van der Waals surface area contributed by atoms with E-state index in [0.717, 1.165) is 61.2 Å². The van der Waals surface area contributed by atoms with E-state index < -0.39 is 8.32 Å². The minimum atomic E-state index is -2.56. The van der Waals surface area contributed by atoms with Gasteiger partial charge >= 0.3 is 0 Å². The number of methoxy groups -OCH3 is 1. The lowest BCUT2D eigenvalue weighted by Gasteiger charge is -2.44. The average molecular weight is 750 g/mol. The molecule has 2 aliphatic heterocycles. The van der Waals surface area contributed by atoms with Crippen molar-refractivity contribution in [2.24, 2.45) is 0 Å². The van der Waals surface area contributed by atoms with Crippen molar-refractivity contribution in [1.82, 2.24) is 9.97 Å². The van der Waals surface area contributed by atoms with E-state index in [9.17, 15) is 0 Å². The van der Waals surface area contributed by atoms with Crippen molar-refractivity contribution in [3.63, 3.8) is 0 Å². The molecular weight excluding hydrogens is 701 g/mol. The first-order valence-corrected chi connectivity index (χ1v) is 18.4. The molecule has 0 spiro atoms. The molecule has 1 fully saturated rings. The van der Waals surface area contributed by atoms with Crippen molar-refractivity contribution in [1.29, 1.82) is 0 Å². The fourth-order valence-corrected chi connectivity index (χ4v) is 12.1. The van der Waals surface area contributed by atoms with Crippen LogP contribution in [0.15, 0.2) is 91.3 Å². The molecule has 1 atom stereocenters.